The molecule has 0 fully saturated rings. The maximum Gasteiger partial charge on any atom is 0.417 e. The standard InChI is InChI=1S/C22H29NO2/c1-4-5-6-7-8-13-19-14-9-10-16-21(19)25-22(24)23-20-15-11-12-17(2)18(20)3/h9-12,14-16H,4-8,13H2,1-3H3,(H,23,24). The summed E-state index contributed by atoms with van der Waals surface area (Å²) in [7, 11) is 0. The number of rotatable bonds is 8. The quantitative estimate of drug-likeness (QED) is 0.563. The van der Waals surface area contributed by atoms with Gasteiger partial charge in [-0.3, -0.25) is 5.32 Å². The average Bonchev–Trinajstić information content (AvgIpc) is 2.60. The van der Waals surface area contributed by atoms with E-state index in [1.54, 1.807) is 0 Å². The molecule has 2 aromatic rings. The third-order valence-corrected chi connectivity index (χ3v) is 4.57. The summed E-state index contributed by atoms with van der Waals surface area (Å²) in [4.78, 5) is 12.3. The summed E-state index contributed by atoms with van der Waals surface area (Å²) in [6, 6.07) is 13.7. The number of benzene rings is 2. The molecule has 0 spiro atoms. The predicted octanol–water partition coefficient (Wildman–Crippen LogP) is 6.43. The Morgan fingerprint density at radius 2 is 1.72 bits per heavy atom. The molecule has 3 nitrogen and oxygen atoms in total. The fourth-order valence-corrected chi connectivity index (χ4v) is 2.85. The molecule has 0 aliphatic carbocycles. The van der Waals surface area contributed by atoms with Crippen LogP contribution in [-0.4, -0.2) is 6.09 Å². The van der Waals surface area contributed by atoms with Crippen molar-refractivity contribution in [1.29, 1.82) is 0 Å². The van der Waals surface area contributed by atoms with Crippen molar-refractivity contribution in [3.05, 3.63) is 59.2 Å². The van der Waals surface area contributed by atoms with Crippen molar-refractivity contribution in [2.45, 2.75) is 59.3 Å². The fourth-order valence-electron chi connectivity index (χ4n) is 2.85. The second-order valence-corrected chi connectivity index (χ2v) is 6.53. The van der Waals surface area contributed by atoms with E-state index in [0.717, 1.165) is 35.2 Å². The number of ether oxygens (including phenoxy) is 1. The van der Waals surface area contributed by atoms with E-state index < -0.39 is 6.09 Å². The Bertz CT molecular complexity index is 694. The van der Waals surface area contributed by atoms with Crippen molar-refractivity contribution in [2.24, 2.45) is 0 Å². The van der Waals surface area contributed by atoms with Crippen LogP contribution in [0.5, 0.6) is 5.75 Å². The second kappa shape index (κ2) is 9.87. The Labute approximate surface area is 151 Å². The van der Waals surface area contributed by atoms with Crippen molar-refractivity contribution in [3.8, 4) is 5.75 Å². The maximum atomic E-state index is 12.3. The molecule has 0 heterocycles. The summed E-state index contributed by atoms with van der Waals surface area (Å²) in [5.74, 6) is 0.654. The zero-order valence-corrected chi connectivity index (χ0v) is 15.6. The molecule has 0 radical (unpaired) electrons. The van der Waals surface area contributed by atoms with E-state index >= 15 is 0 Å². The number of carbonyl (C=O) groups excluding carboxylic acids is 1. The van der Waals surface area contributed by atoms with E-state index in [2.05, 4.69) is 12.2 Å². The minimum atomic E-state index is -0.438. The van der Waals surface area contributed by atoms with Crippen molar-refractivity contribution in [2.75, 3.05) is 5.32 Å². The molecule has 0 saturated carbocycles. The van der Waals surface area contributed by atoms with Crippen LogP contribution in [0.1, 0.15) is 55.7 Å². The summed E-state index contributed by atoms with van der Waals surface area (Å²) >= 11 is 0. The highest BCUT2D eigenvalue weighted by Gasteiger charge is 2.11. The van der Waals surface area contributed by atoms with Crippen LogP contribution in [0.4, 0.5) is 10.5 Å². The summed E-state index contributed by atoms with van der Waals surface area (Å²) in [6.07, 6.45) is 6.65. The molecule has 25 heavy (non-hydrogen) atoms. The van der Waals surface area contributed by atoms with Gasteiger partial charge < -0.3 is 4.74 Å². The molecular weight excluding hydrogens is 310 g/mol. The number of hydrogen-bond donors (Lipinski definition) is 1. The van der Waals surface area contributed by atoms with Crippen LogP contribution in [0.25, 0.3) is 0 Å². The van der Waals surface area contributed by atoms with Crippen molar-refractivity contribution < 1.29 is 9.53 Å². The van der Waals surface area contributed by atoms with Gasteiger partial charge in [-0.05, 0) is 55.5 Å². The van der Waals surface area contributed by atoms with Crippen LogP contribution in [-0.2, 0) is 6.42 Å². The van der Waals surface area contributed by atoms with E-state index in [0.29, 0.717) is 5.75 Å². The van der Waals surface area contributed by atoms with Gasteiger partial charge in [0.1, 0.15) is 5.75 Å². The van der Waals surface area contributed by atoms with Gasteiger partial charge in [0.2, 0.25) is 0 Å². The maximum absolute atomic E-state index is 12.3. The Kier molecular flexibility index (Phi) is 7.52. The largest absolute Gasteiger partial charge is 0.417 e. The lowest BCUT2D eigenvalue weighted by molar-refractivity contribution is 0.214. The van der Waals surface area contributed by atoms with Gasteiger partial charge in [0.15, 0.2) is 0 Å². The molecule has 1 N–H and O–H groups in total. The third-order valence-electron chi connectivity index (χ3n) is 4.57. The molecule has 134 valence electrons. The van der Waals surface area contributed by atoms with E-state index in [1.807, 2.05) is 56.3 Å². The zero-order chi connectivity index (χ0) is 18.1. The van der Waals surface area contributed by atoms with Crippen molar-refractivity contribution >= 4 is 11.8 Å². The van der Waals surface area contributed by atoms with Gasteiger partial charge in [-0.2, -0.15) is 0 Å². The summed E-state index contributed by atoms with van der Waals surface area (Å²) in [5, 5.41) is 2.85. The molecule has 0 bridgehead atoms. The molecule has 0 saturated heterocycles. The first-order valence-corrected chi connectivity index (χ1v) is 9.24. The molecule has 0 aliphatic rings. The molecule has 2 aromatic carbocycles. The van der Waals surface area contributed by atoms with E-state index in [4.69, 9.17) is 4.74 Å². The first kappa shape index (κ1) is 19.0. The molecule has 1 amide bonds. The Morgan fingerprint density at radius 1 is 0.960 bits per heavy atom. The number of amides is 1. The molecule has 0 unspecified atom stereocenters. The Hall–Kier alpha value is -2.29. The molecule has 0 aliphatic heterocycles. The molecule has 2 rings (SSSR count). The van der Waals surface area contributed by atoms with Gasteiger partial charge in [0, 0.05) is 5.69 Å². The van der Waals surface area contributed by atoms with Crippen LogP contribution in [0.2, 0.25) is 0 Å². The Balaban J connectivity index is 1.95. The third kappa shape index (κ3) is 5.93. The molecular formula is C22H29NO2. The number of para-hydroxylation sites is 1. The monoisotopic (exact) mass is 339 g/mol. The summed E-state index contributed by atoms with van der Waals surface area (Å²) < 4.78 is 5.57. The number of carbonyl (C=O) groups is 1. The second-order valence-electron chi connectivity index (χ2n) is 6.53. The highest BCUT2D eigenvalue weighted by atomic mass is 16.6. The first-order chi connectivity index (χ1) is 12.1. The number of aryl methyl sites for hydroxylation is 2. The molecule has 3 heteroatoms. The van der Waals surface area contributed by atoms with Crippen LogP contribution in [0.3, 0.4) is 0 Å². The SMILES string of the molecule is CCCCCCCc1ccccc1OC(=O)Nc1cccc(C)c1C. The van der Waals surface area contributed by atoms with Crippen LogP contribution in [0.15, 0.2) is 42.5 Å². The normalized spacial score (nSPS) is 10.5. The van der Waals surface area contributed by atoms with Gasteiger partial charge >= 0.3 is 6.09 Å². The van der Waals surface area contributed by atoms with Gasteiger partial charge in [-0.1, -0.05) is 62.9 Å². The van der Waals surface area contributed by atoms with Crippen LogP contribution < -0.4 is 10.1 Å². The lowest BCUT2D eigenvalue weighted by Crippen LogP contribution is -2.18. The van der Waals surface area contributed by atoms with Gasteiger partial charge in [-0.25, -0.2) is 4.79 Å². The minimum Gasteiger partial charge on any atom is -0.410 e. The topological polar surface area (TPSA) is 38.3 Å². The van der Waals surface area contributed by atoms with Crippen LogP contribution in [0, 0.1) is 13.8 Å². The van der Waals surface area contributed by atoms with Crippen molar-refractivity contribution in [3.63, 3.8) is 0 Å². The highest BCUT2D eigenvalue weighted by molar-refractivity contribution is 5.87. The van der Waals surface area contributed by atoms with Gasteiger partial charge in [0.25, 0.3) is 0 Å². The number of unbranched alkanes of at least 4 members (excludes halogenated alkanes) is 4. The van der Waals surface area contributed by atoms with Crippen molar-refractivity contribution in [1.82, 2.24) is 0 Å². The van der Waals surface area contributed by atoms with E-state index in [-0.39, 0.29) is 0 Å². The predicted molar refractivity (Wildman–Crippen MR) is 104 cm³/mol. The average molecular weight is 339 g/mol. The zero-order valence-electron chi connectivity index (χ0n) is 15.6. The Morgan fingerprint density at radius 3 is 2.52 bits per heavy atom. The number of hydrogen-bond acceptors (Lipinski definition) is 2. The number of anilines is 1. The number of nitrogens with one attached hydrogen (secondary N) is 1. The summed E-state index contributed by atoms with van der Waals surface area (Å²) in [5.41, 5.74) is 4.09. The highest BCUT2D eigenvalue weighted by Crippen LogP contribution is 2.23. The fraction of sp³-hybridized carbons (Fsp3) is 0.409. The van der Waals surface area contributed by atoms with Crippen LogP contribution >= 0.6 is 0 Å². The van der Waals surface area contributed by atoms with Gasteiger partial charge in [0.05, 0.1) is 0 Å². The summed E-state index contributed by atoms with van der Waals surface area (Å²) in [6.45, 7) is 6.24. The van der Waals surface area contributed by atoms with E-state index in [1.165, 1.54) is 25.7 Å². The first-order valence-electron chi connectivity index (χ1n) is 9.24. The molecule has 0 aromatic heterocycles. The molecule has 0 atom stereocenters. The lowest BCUT2D eigenvalue weighted by atomic mass is 10.0. The minimum absolute atomic E-state index is 0.438. The van der Waals surface area contributed by atoms with Gasteiger partial charge in [-0.15, -0.1) is 0 Å². The van der Waals surface area contributed by atoms with E-state index in [9.17, 15) is 4.79 Å². The smallest absolute Gasteiger partial charge is 0.410 e. The lowest BCUT2D eigenvalue weighted by Gasteiger charge is -2.13.